The molecular formula is C19H30N2O2. The Morgan fingerprint density at radius 3 is 1.35 bits per heavy atom. The Morgan fingerprint density at radius 2 is 1.00 bits per heavy atom. The van der Waals surface area contributed by atoms with Gasteiger partial charge in [0, 0.05) is 36.1 Å². The number of pyridine rings is 2. The monoisotopic (exact) mass is 318 g/mol. The second kappa shape index (κ2) is 10.1. The number of nitrogens with zero attached hydrogens (tertiary/aromatic N) is 2. The van der Waals surface area contributed by atoms with E-state index in [0.29, 0.717) is 0 Å². The third-order valence-corrected chi connectivity index (χ3v) is 4.33. The minimum absolute atomic E-state index is 0. The maximum atomic E-state index is 2.31. The number of unbranched alkanes of at least 4 members (excludes halogenated alkanes) is 2. The second-order valence-electron chi connectivity index (χ2n) is 6.16. The quantitative estimate of drug-likeness (QED) is 0.607. The summed E-state index contributed by atoms with van der Waals surface area (Å²) in [5.41, 5.74) is 5.50. The van der Waals surface area contributed by atoms with Crippen LogP contribution in [0.5, 0.6) is 0 Å². The zero-order chi connectivity index (χ0) is 15.2. The summed E-state index contributed by atoms with van der Waals surface area (Å²) in [4.78, 5) is 0. The normalized spacial score (nSPS) is 9.91. The molecule has 0 aliphatic rings. The predicted molar refractivity (Wildman–Crippen MR) is 89.9 cm³/mol. The summed E-state index contributed by atoms with van der Waals surface area (Å²) >= 11 is 0. The molecule has 0 aromatic carbocycles. The van der Waals surface area contributed by atoms with Crippen molar-refractivity contribution in [3.63, 3.8) is 0 Å². The molecule has 0 saturated carbocycles. The zero-order valence-electron chi connectivity index (χ0n) is 14.8. The maximum Gasteiger partial charge on any atom is 0.171 e. The summed E-state index contributed by atoms with van der Waals surface area (Å²) < 4.78 is 4.62. The second-order valence-corrected chi connectivity index (χ2v) is 6.16. The van der Waals surface area contributed by atoms with Crippen molar-refractivity contribution in [1.82, 2.24) is 0 Å². The summed E-state index contributed by atoms with van der Waals surface area (Å²) in [5.74, 6) is 0. The molecule has 0 saturated heterocycles. The van der Waals surface area contributed by atoms with Crippen molar-refractivity contribution in [2.45, 2.75) is 60.0 Å². The van der Waals surface area contributed by atoms with E-state index >= 15 is 0 Å². The van der Waals surface area contributed by atoms with E-state index in [2.05, 4.69) is 73.7 Å². The van der Waals surface area contributed by atoms with Gasteiger partial charge in [-0.15, -0.1) is 0 Å². The molecule has 0 aliphatic carbocycles. The lowest BCUT2D eigenvalue weighted by molar-refractivity contribution is -0.701. The molecule has 2 aromatic heterocycles. The highest BCUT2D eigenvalue weighted by Crippen LogP contribution is 2.03. The maximum absolute atomic E-state index is 2.31. The highest BCUT2D eigenvalue weighted by Gasteiger charge is 2.05. The molecule has 2 aromatic rings. The molecule has 0 atom stereocenters. The number of hydrogen-bond acceptors (Lipinski definition) is 2. The average molecular weight is 318 g/mol. The minimum atomic E-state index is 0. The van der Waals surface area contributed by atoms with Crippen molar-refractivity contribution >= 4 is 0 Å². The smallest absolute Gasteiger partial charge is 0.171 e. The standard InChI is InChI=1S/C19H28N2.2H2O/c1-16-8-12-20(14-18(16)3)10-6-5-7-11-21-13-9-17(2)19(4)15-21;;/h8-9,12-15H,5-7,10-11H2,1-4H3;2*1H2/q+2;;/p-2. The Kier molecular flexibility index (Phi) is 9.30. The van der Waals surface area contributed by atoms with E-state index in [0.717, 1.165) is 13.1 Å². The zero-order valence-corrected chi connectivity index (χ0v) is 14.8. The topological polar surface area (TPSA) is 67.8 Å². The lowest BCUT2D eigenvalue weighted by Gasteiger charge is -2.02. The number of rotatable bonds is 6. The van der Waals surface area contributed by atoms with Crippen LogP contribution >= 0.6 is 0 Å². The lowest BCUT2D eigenvalue weighted by atomic mass is 10.1. The molecular weight excluding hydrogens is 288 g/mol. The molecule has 0 spiro atoms. The first-order valence-electron chi connectivity index (χ1n) is 7.99. The molecule has 0 radical (unpaired) electrons. The molecule has 0 aliphatic heterocycles. The molecule has 0 bridgehead atoms. The van der Waals surface area contributed by atoms with Crippen molar-refractivity contribution in [1.29, 1.82) is 0 Å². The van der Waals surface area contributed by atoms with Gasteiger partial charge >= 0.3 is 0 Å². The number of aromatic nitrogens is 2. The van der Waals surface area contributed by atoms with E-state index in [1.165, 1.54) is 41.5 Å². The summed E-state index contributed by atoms with van der Waals surface area (Å²) in [7, 11) is 0. The molecule has 4 heteroatoms. The molecule has 0 unspecified atom stereocenters. The number of hydrogen-bond donors (Lipinski definition) is 0. The Bertz CT molecular complexity index is 559. The van der Waals surface area contributed by atoms with Crippen molar-refractivity contribution in [2.75, 3.05) is 0 Å². The van der Waals surface area contributed by atoms with Crippen molar-refractivity contribution in [3.8, 4) is 0 Å². The average Bonchev–Trinajstić information content (AvgIpc) is 2.46. The van der Waals surface area contributed by atoms with Crippen LogP contribution in [0.15, 0.2) is 36.9 Å². The summed E-state index contributed by atoms with van der Waals surface area (Å²) in [6.45, 7) is 10.9. The van der Waals surface area contributed by atoms with Gasteiger partial charge in [0.15, 0.2) is 24.8 Å². The molecule has 23 heavy (non-hydrogen) atoms. The molecule has 2 heterocycles. The summed E-state index contributed by atoms with van der Waals surface area (Å²) in [5, 5.41) is 0. The third-order valence-electron chi connectivity index (χ3n) is 4.33. The predicted octanol–water partition coefficient (Wildman–Crippen LogP) is 3.01. The molecule has 4 nitrogen and oxygen atoms in total. The van der Waals surface area contributed by atoms with E-state index in [9.17, 15) is 0 Å². The van der Waals surface area contributed by atoms with Gasteiger partial charge in [-0.1, -0.05) is 0 Å². The Labute approximate surface area is 140 Å². The van der Waals surface area contributed by atoms with Crippen LogP contribution in [0.1, 0.15) is 41.5 Å². The van der Waals surface area contributed by atoms with E-state index in [-0.39, 0.29) is 11.0 Å². The van der Waals surface area contributed by atoms with Crippen LogP contribution in [0.2, 0.25) is 0 Å². The Balaban J connectivity index is 0.00000242. The SMILES string of the molecule is Cc1cc[n+](CCCCC[n+]2ccc(C)c(C)c2)cc1C.[OH-].[OH-]. The van der Waals surface area contributed by atoms with E-state index in [1.807, 2.05) is 0 Å². The van der Waals surface area contributed by atoms with Crippen LogP contribution in [0.4, 0.5) is 0 Å². The molecule has 2 rings (SSSR count). The molecule has 0 amide bonds. The summed E-state index contributed by atoms with van der Waals surface area (Å²) in [6, 6.07) is 4.42. The Morgan fingerprint density at radius 1 is 0.609 bits per heavy atom. The van der Waals surface area contributed by atoms with Crippen LogP contribution < -0.4 is 9.13 Å². The third kappa shape index (κ3) is 6.47. The van der Waals surface area contributed by atoms with Crippen LogP contribution in [0, 0.1) is 27.7 Å². The van der Waals surface area contributed by atoms with Crippen molar-refractivity contribution in [2.24, 2.45) is 0 Å². The fourth-order valence-corrected chi connectivity index (χ4v) is 2.51. The van der Waals surface area contributed by atoms with E-state index < -0.39 is 0 Å². The minimum Gasteiger partial charge on any atom is -0.870 e. The first-order chi connectivity index (χ1) is 10.1. The van der Waals surface area contributed by atoms with E-state index in [4.69, 9.17) is 0 Å². The largest absolute Gasteiger partial charge is 0.870 e. The van der Waals surface area contributed by atoms with Gasteiger partial charge in [0.05, 0.1) is 0 Å². The summed E-state index contributed by atoms with van der Waals surface area (Å²) in [6.07, 6.45) is 12.7. The Hall–Kier alpha value is -1.78. The highest BCUT2D eigenvalue weighted by molar-refractivity contribution is 5.17. The van der Waals surface area contributed by atoms with Gasteiger partial charge in [-0.25, -0.2) is 9.13 Å². The van der Waals surface area contributed by atoms with Crippen molar-refractivity contribution < 1.29 is 20.1 Å². The van der Waals surface area contributed by atoms with Crippen LogP contribution in [-0.4, -0.2) is 11.0 Å². The van der Waals surface area contributed by atoms with Gasteiger partial charge < -0.3 is 11.0 Å². The highest BCUT2D eigenvalue weighted by atomic mass is 16.0. The van der Waals surface area contributed by atoms with E-state index in [1.54, 1.807) is 0 Å². The molecule has 2 N–H and O–H groups in total. The van der Waals surface area contributed by atoms with Gasteiger partial charge in [0.25, 0.3) is 0 Å². The lowest BCUT2D eigenvalue weighted by Crippen LogP contribution is -2.34. The van der Waals surface area contributed by atoms with Gasteiger partial charge in [-0.2, -0.15) is 0 Å². The molecule has 0 fully saturated rings. The fraction of sp³-hybridized carbons (Fsp3) is 0.474. The van der Waals surface area contributed by atoms with Gasteiger partial charge in [-0.3, -0.25) is 0 Å². The van der Waals surface area contributed by atoms with Crippen LogP contribution in [0.25, 0.3) is 0 Å². The van der Waals surface area contributed by atoms with Crippen LogP contribution in [0.3, 0.4) is 0 Å². The number of aryl methyl sites for hydroxylation is 6. The van der Waals surface area contributed by atoms with Crippen LogP contribution in [-0.2, 0) is 13.1 Å². The fourth-order valence-electron chi connectivity index (χ4n) is 2.51. The first kappa shape index (κ1) is 21.2. The van der Waals surface area contributed by atoms with Gasteiger partial charge in [0.1, 0.15) is 13.1 Å². The van der Waals surface area contributed by atoms with Gasteiger partial charge in [0.2, 0.25) is 0 Å². The van der Waals surface area contributed by atoms with Crippen molar-refractivity contribution in [3.05, 3.63) is 59.2 Å². The first-order valence-corrected chi connectivity index (χ1v) is 7.99. The molecule has 128 valence electrons. The van der Waals surface area contributed by atoms with Gasteiger partial charge in [-0.05, 0) is 45.2 Å².